The zero-order valence-corrected chi connectivity index (χ0v) is 6.62. The Hall–Kier alpha value is -0.730. The molecule has 1 saturated carbocycles. The summed E-state index contributed by atoms with van der Waals surface area (Å²) in [5, 5.41) is 0. The van der Waals surface area contributed by atoms with E-state index in [0.717, 1.165) is 12.5 Å². The van der Waals surface area contributed by atoms with E-state index >= 15 is 0 Å². The van der Waals surface area contributed by atoms with Gasteiger partial charge in [0.1, 0.15) is 0 Å². The quantitative estimate of drug-likeness (QED) is 0.554. The summed E-state index contributed by atoms with van der Waals surface area (Å²) in [6.07, 6.45) is 4.93. The van der Waals surface area contributed by atoms with Gasteiger partial charge in [-0.2, -0.15) is 0 Å². The van der Waals surface area contributed by atoms with Crippen LogP contribution in [-0.4, -0.2) is 23.5 Å². The van der Waals surface area contributed by atoms with E-state index < -0.39 is 0 Å². The topological polar surface area (TPSA) is 46.3 Å². The van der Waals surface area contributed by atoms with Gasteiger partial charge in [0.05, 0.1) is 0 Å². The summed E-state index contributed by atoms with van der Waals surface area (Å²) in [6.45, 7) is 0.894. The lowest BCUT2D eigenvalue weighted by Crippen LogP contribution is -2.39. The van der Waals surface area contributed by atoms with Crippen molar-refractivity contribution in [3.05, 3.63) is 0 Å². The molecule has 0 aromatic rings. The van der Waals surface area contributed by atoms with Crippen LogP contribution in [0.25, 0.3) is 0 Å². The number of carbonyl (C=O) groups excluding carboxylic acids is 1. The van der Waals surface area contributed by atoms with Gasteiger partial charge in [0.15, 0.2) is 0 Å². The average molecular weight is 154 g/mol. The van der Waals surface area contributed by atoms with Gasteiger partial charge < -0.3 is 10.6 Å². The van der Waals surface area contributed by atoms with Crippen LogP contribution < -0.4 is 5.73 Å². The first-order valence-electron chi connectivity index (χ1n) is 4.35. The number of primary amides is 1. The highest BCUT2D eigenvalue weighted by Gasteiger charge is 2.38. The fraction of sp³-hybridized carbons (Fsp3) is 0.875. The number of amides is 2. The SMILES string of the molecule is NC(=O)N1CCC2CCCC21. The summed E-state index contributed by atoms with van der Waals surface area (Å²) >= 11 is 0. The van der Waals surface area contributed by atoms with Crippen LogP contribution in [0.1, 0.15) is 25.7 Å². The number of carbonyl (C=O) groups is 1. The molecule has 2 N–H and O–H groups in total. The van der Waals surface area contributed by atoms with Crippen LogP contribution in [0.2, 0.25) is 0 Å². The number of hydrogen-bond donors (Lipinski definition) is 1. The third-order valence-electron chi connectivity index (χ3n) is 3.04. The summed E-state index contributed by atoms with van der Waals surface area (Å²) < 4.78 is 0. The molecule has 0 spiro atoms. The summed E-state index contributed by atoms with van der Waals surface area (Å²) in [5.41, 5.74) is 5.24. The van der Waals surface area contributed by atoms with Gasteiger partial charge in [0.25, 0.3) is 0 Å². The average Bonchev–Trinajstić information content (AvgIpc) is 2.41. The molecule has 0 bridgehead atoms. The first kappa shape index (κ1) is 6.95. The largest absolute Gasteiger partial charge is 0.351 e. The standard InChI is InChI=1S/C8H14N2O/c9-8(11)10-5-4-6-2-1-3-7(6)10/h6-7H,1-5H2,(H2,9,11). The number of fused-ring (bicyclic) bond motifs is 1. The van der Waals surface area contributed by atoms with Crippen LogP contribution in [0, 0.1) is 5.92 Å². The van der Waals surface area contributed by atoms with E-state index in [1.165, 1.54) is 25.7 Å². The van der Waals surface area contributed by atoms with Gasteiger partial charge in [-0.25, -0.2) is 4.79 Å². The number of rotatable bonds is 0. The van der Waals surface area contributed by atoms with Gasteiger partial charge in [0.2, 0.25) is 0 Å². The number of hydrogen-bond acceptors (Lipinski definition) is 1. The van der Waals surface area contributed by atoms with Crippen LogP contribution in [0.15, 0.2) is 0 Å². The maximum absolute atomic E-state index is 10.9. The van der Waals surface area contributed by atoms with Crippen molar-refractivity contribution < 1.29 is 4.79 Å². The zero-order chi connectivity index (χ0) is 7.84. The van der Waals surface area contributed by atoms with Crippen molar-refractivity contribution in [3.63, 3.8) is 0 Å². The van der Waals surface area contributed by atoms with Crippen LogP contribution >= 0.6 is 0 Å². The van der Waals surface area contributed by atoms with Gasteiger partial charge in [0, 0.05) is 12.6 Å². The van der Waals surface area contributed by atoms with Crippen molar-refractivity contribution in [2.75, 3.05) is 6.54 Å². The second-order valence-electron chi connectivity index (χ2n) is 3.58. The van der Waals surface area contributed by atoms with E-state index in [1.807, 2.05) is 4.90 Å². The second kappa shape index (κ2) is 2.40. The lowest BCUT2D eigenvalue weighted by molar-refractivity contribution is 0.199. The first-order valence-corrected chi connectivity index (χ1v) is 4.35. The Labute approximate surface area is 66.5 Å². The maximum atomic E-state index is 10.9. The molecule has 0 radical (unpaired) electrons. The maximum Gasteiger partial charge on any atom is 0.315 e. The van der Waals surface area contributed by atoms with Crippen LogP contribution in [0.5, 0.6) is 0 Å². The van der Waals surface area contributed by atoms with E-state index in [9.17, 15) is 4.79 Å². The Morgan fingerprint density at radius 1 is 1.36 bits per heavy atom. The lowest BCUT2D eigenvalue weighted by Gasteiger charge is -2.20. The number of nitrogens with zero attached hydrogens (tertiary/aromatic N) is 1. The fourth-order valence-corrected chi connectivity index (χ4v) is 2.51. The highest BCUT2D eigenvalue weighted by atomic mass is 16.2. The predicted molar refractivity (Wildman–Crippen MR) is 42.0 cm³/mol. The highest BCUT2D eigenvalue weighted by Crippen LogP contribution is 2.37. The molecule has 3 nitrogen and oxygen atoms in total. The summed E-state index contributed by atoms with van der Waals surface area (Å²) in [5.74, 6) is 0.766. The van der Waals surface area contributed by atoms with Gasteiger partial charge in [-0.15, -0.1) is 0 Å². The number of urea groups is 1. The third kappa shape index (κ3) is 0.988. The summed E-state index contributed by atoms with van der Waals surface area (Å²) in [7, 11) is 0. The summed E-state index contributed by atoms with van der Waals surface area (Å²) in [4.78, 5) is 12.7. The molecule has 2 amide bonds. The Morgan fingerprint density at radius 2 is 2.18 bits per heavy atom. The molecule has 0 aromatic heterocycles. The molecule has 1 saturated heterocycles. The second-order valence-corrected chi connectivity index (χ2v) is 3.58. The normalized spacial score (nSPS) is 35.8. The minimum atomic E-state index is -0.223. The number of nitrogens with two attached hydrogens (primary N) is 1. The smallest absolute Gasteiger partial charge is 0.315 e. The Kier molecular flexibility index (Phi) is 1.51. The van der Waals surface area contributed by atoms with Crippen molar-refractivity contribution in [2.24, 2.45) is 11.7 Å². The molecule has 1 heterocycles. The minimum Gasteiger partial charge on any atom is -0.351 e. The van der Waals surface area contributed by atoms with Crippen molar-refractivity contribution in [2.45, 2.75) is 31.7 Å². The third-order valence-corrected chi connectivity index (χ3v) is 3.04. The molecule has 62 valence electrons. The van der Waals surface area contributed by atoms with Crippen molar-refractivity contribution >= 4 is 6.03 Å². The Bertz CT molecular complexity index is 181. The molecule has 2 fully saturated rings. The van der Waals surface area contributed by atoms with Crippen molar-refractivity contribution in [1.29, 1.82) is 0 Å². The molecule has 1 aliphatic carbocycles. The molecule has 2 unspecified atom stereocenters. The molecular weight excluding hydrogens is 140 g/mol. The van der Waals surface area contributed by atoms with Crippen molar-refractivity contribution in [3.8, 4) is 0 Å². The summed E-state index contributed by atoms with van der Waals surface area (Å²) in [6, 6.07) is 0.270. The molecule has 2 rings (SSSR count). The van der Waals surface area contributed by atoms with Gasteiger partial charge in [-0.3, -0.25) is 0 Å². The predicted octanol–water partition coefficient (Wildman–Crippen LogP) is 0.939. The van der Waals surface area contributed by atoms with E-state index in [4.69, 9.17) is 5.73 Å². The van der Waals surface area contributed by atoms with Crippen LogP contribution in [0.3, 0.4) is 0 Å². The monoisotopic (exact) mass is 154 g/mol. The molecule has 2 atom stereocenters. The van der Waals surface area contributed by atoms with Gasteiger partial charge in [-0.1, -0.05) is 6.42 Å². The fourth-order valence-electron chi connectivity index (χ4n) is 2.51. The van der Waals surface area contributed by atoms with Gasteiger partial charge >= 0.3 is 6.03 Å². The van der Waals surface area contributed by atoms with E-state index in [2.05, 4.69) is 0 Å². The zero-order valence-electron chi connectivity index (χ0n) is 6.62. The van der Waals surface area contributed by atoms with E-state index in [-0.39, 0.29) is 6.03 Å². The first-order chi connectivity index (χ1) is 5.29. The van der Waals surface area contributed by atoms with Crippen LogP contribution in [0.4, 0.5) is 4.79 Å². The molecule has 2 aliphatic rings. The lowest BCUT2D eigenvalue weighted by atomic mass is 10.1. The molecule has 0 aromatic carbocycles. The molecule has 3 heteroatoms. The number of likely N-dealkylation sites (tertiary alicyclic amines) is 1. The Morgan fingerprint density at radius 3 is 2.91 bits per heavy atom. The highest BCUT2D eigenvalue weighted by molar-refractivity contribution is 5.72. The van der Waals surface area contributed by atoms with Gasteiger partial charge in [-0.05, 0) is 25.2 Å². The molecular formula is C8H14N2O. The van der Waals surface area contributed by atoms with E-state index in [1.54, 1.807) is 0 Å². The Balaban J connectivity index is 2.08. The molecule has 1 aliphatic heterocycles. The van der Waals surface area contributed by atoms with Crippen LogP contribution in [-0.2, 0) is 0 Å². The van der Waals surface area contributed by atoms with E-state index in [0.29, 0.717) is 6.04 Å². The minimum absolute atomic E-state index is 0.223. The van der Waals surface area contributed by atoms with Crippen molar-refractivity contribution in [1.82, 2.24) is 4.90 Å². The molecule has 11 heavy (non-hydrogen) atoms.